The molecule has 0 bridgehead atoms. The Morgan fingerprint density at radius 1 is 1.47 bits per heavy atom. The van der Waals surface area contributed by atoms with Gasteiger partial charge in [0.25, 0.3) is 0 Å². The van der Waals surface area contributed by atoms with E-state index in [0.29, 0.717) is 13.2 Å². The number of hydrogen-bond donors (Lipinski definition) is 1. The maximum atomic E-state index is 9.03. The molecule has 1 saturated heterocycles. The molecule has 0 aromatic carbocycles. The molecule has 1 rings (SSSR count). The number of likely N-dealkylation sites (N-methyl/N-ethyl adjacent to an activating group) is 1. The van der Waals surface area contributed by atoms with Crippen LogP contribution in [0.25, 0.3) is 0 Å². The maximum absolute atomic E-state index is 9.03. The van der Waals surface area contributed by atoms with Gasteiger partial charge in [0.05, 0.1) is 25.9 Å². The highest BCUT2D eigenvalue weighted by Gasteiger charge is 2.21. The van der Waals surface area contributed by atoms with E-state index in [1.165, 1.54) is 0 Å². The monoisotopic (exact) mass is 246 g/mol. The van der Waals surface area contributed by atoms with Gasteiger partial charge in [0, 0.05) is 39.8 Å². The number of nitrogens with zero attached hydrogens (tertiary/aromatic N) is 2. The largest absolute Gasteiger partial charge is 0.395 e. The zero-order valence-corrected chi connectivity index (χ0v) is 11.1. The van der Waals surface area contributed by atoms with E-state index < -0.39 is 0 Å². The van der Waals surface area contributed by atoms with Gasteiger partial charge in [-0.15, -0.1) is 0 Å². The molecule has 1 fully saturated rings. The SMILES string of the molecule is CCN1CCOC(CN(CCO)CCOC)C1. The summed E-state index contributed by atoms with van der Waals surface area (Å²) in [6, 6.07) is 0. The number of methoxy groups -OCH3 is 1. The van der Waals surface area contributed by atoms with Crippen LogP contribution in [0.15, 0.2) is 0 Å². The van der Waals surface area contributed by atoms with Crippen molar-refractivity contribution in [3.8, 4) is 0 Å². The molecule has 0 amide bonds. The van der Waals surface area contributed by atoms with E-state index in [1.54, 1.807) is 7.11 Å². The summed E-state index contributed by atoms with van der Waals surface area (Å²) in [5.41, 5.74) is 0. The number of aliphatic hydroxyl groups excluding tert-OH is 1. The summed E-state index contributed by atoms with van der Waals surface area (Å²) in [4.78, 5) is 4.61. The molecule has 0 aromatic heterocycles. The van der Waals surface area contributed by atoms with Gasteiger partial charge in [-0.1, -0.05) is 6.92 Å². The van der Waals surface area contributed by atoms with E-state index >= 15 is 0 Å². The molecule has 17 heavy (non-hydrogen) atoms. The fourth-order valence-electron chi connectivity index (χ4n) is 2.12. The topological polar surface area (TPSA) is 45.2 Å². The van der Waals surface area contributed by atoms with Gasteiger partial charge in [0.15, 0.2) is 0 Å². The summed E-state index contributed by atoms with van der Waals surface area (Å²) < 4.78 is 10.8. The fourth-order valence-corrected chi connectivity index (χ4v) is 2.12. The Bertz CT molecular complexity index is 191. The summed E-state index contributed by atoms with van der Waals surface area (Å²) >= 11 is 0. The molecule has 1 unspecified atom stereocenters. The number of rotatable bonds is 8. The lowest BCUT2D eigenvalue weighted by Gasteiger charge is -2.35. The third-order valence-electron chi connectivity index (χ3n) is 3.16. The van der Waals surface area contributed by atoms with E-state index in [4.69, 9.17) is 14.6 Å². The molecule has 5 nitrogen and oxygen atoms in total. The van der Waals surface area contributed by atoms with Crippen molar-refractivity contribution in [2.75, 3.05) is 66.2 Å². The molecule has 0 radical (unpaired) electrons. The van der Waals surface area contributed by atoms with E-state index in [9.17, 15) is 0 Å². The third kappa shape index (κ3) is 5.79. The molecule has 0 saturated carbocycles. The smallest absolute Gasteiger partial charge is 0.0829 e. The zero-order valence-electron chi connectivity index (χ0n) is 11.1. The normalized spacial score (nSPS) is 22.2. The highest BCUT2D eigenvalue weighted by atomic mass is 16.5. The molecule has 102 valence electrons. The Kier molecular flexibility index (Phi) is 7.72. The van der Waals surface area contributed by atoms with Crippen LogP contribution >= 0.6 is 0 Å². The van der Waals surface area contributed by atoms with Crippen LogP contribution in [0, 0.1) is 0 Å². The van der Waals surface area contributed by atoms with Crippen molar-refractivity contribution in [2.24, 2.45) is 0 Å². The molecule has 1 heterocycles. The summed E-state index contributed by atoms with van der Waals surface area (Å²) in [5.74, 6) is 0. The average molecular weight is 246 g/mol. The first-order chi connectivity index (χ1) is 8.30. The quantitative estimate of drug-likeness (QED) is 0.634. The standard InChI is InChI=1S/C12H26N2O3/c1-3-13-6-9-17-12(10-13)11-14(4-7-15)5-8-16-2/h12,15H,3-11H2,1-2H3. The van der Waals surface area contributed by atoms with Crippen molar-refractivity contribution in [1.29, 1.82) is 0 Å². The number of aliphatic hydroxyl groups is 1. The highest BCUT2D eigenvalue weighted by molar-refractivity contribution is 4.74. The van der Waals surface area contributed by atoms with Gasteiger partial charge >= 0.3 is 0 Å². The molecular formula is C12H26N2O3. The van der Waals surface area contributed by atoms with Crippen molar-refractivity contribution in [2.45, 2.75) is 13.0 Å². The second kappa shape index (κ2) is 8.83. The summed E-state index contributed by atoms with van der Waals surface area (Å²) in [6.45, 7) is 9.40. The molecule has 1 atom stereocenters. The van der Waals surface area contributed by atoms with Crippen molar-refractivity contribution in [1.82, 2.24) is 9.80 Å². The van der Waals surface area contributed by atoms with Crippen LogP contribution in [0.1, 0.15) is 6.92 Å². The van der Waals surface area contributed by atoms with Gasteiger partial charge in [-0.2, -0.15) is 0 Å². The average Bonchev–Trinajstić information content (AvgIpc) is 2.36. The minimum atomic E-state index is 0.188. The molecule has 1 aliphatic rings. The minimum Gasteiger partial charge on any atom is -0.395 e. The van der Waals surface area contributed by atoms with E-state index in [-0.39, 0.29) is 12.7 Å². The van der Waals surface area contributed by atoms with Crippen molar-refractivity contribution in [3.05, 3.63) is 0 Å². The molecule has 0 aromatic rings. The van der Waals surface area contributed by atoms with Crippen LogP contribution in [0.2, 0.25) is 0 Å². The number of morpholine rings is 1. The van der Waals surface area contributed by atoms with Crippen LogP contribution in [0.5, 0.6) is 0 Å². The van der Waals surface area contributed by atoms with Gasteiger partial charge in [-0.25, -0.2) is 0 Å². The number of ether oxygens (including phenoxy) is 2. The van der Waals surface area contributed by atoms with Gasteiger partial charge in [0.2, 0.25) is 0 Å². The summed E-state index contributed by atoms with van der Waals surface area (Å²) in [7, 11) is 1.70. The van der Waals surface area contributed by atoms with E-state index in [0.717, 1.165) is 39.3 Å². The van der Waals surface area contributed by atoms with Crippen molar-refractivity contribution in [3.63, 3.8) is 0 Å². The molecular weight excluding hydrogens is 220 g/mol. The van der Waals surface area contributed by atoms with Crippen molar-refractivity contribution >= 4 is 0 Å². The Labute approximate surface area is 104 Å². The van der Waals surface area contributed by atoms with Crippen LogP contribution in [-0.4, -0.2) is 87.2 Å². The van der Waals surface area contributed by atoms with Crippen LogP contribution in [-0.2, 0) is 9.47 Å². The first-order valence-electron chi connectivity index (χ1n) is 6.46. The first kappa shape index (κ1) is 14.9. The molecule has 1 N–H and O–H groups in total. The van der Waals surface area contributed by atoms with Crippen LogP contribution in [0.3, 0.4) is 0 Å². The van der Waals surface area contributed by atoms with Gasteiger partial charge in [-0.05, 0) is 6.54 Å². The predicted octanol–water partition coefficient (Wildman–Crippen LogP) is -0.352. The Hall–Kier alpha value is -0.200. The highest BCUT2D eigenvalue weighted by Crippen LogP contribution is 2.06. The Morgan fingerprint density at radius 3 is 2.94 bits per heavy atom. The second-order valence-electron chi connectivity index (χ2n) is 4.40. The van der Waals surface area contributed by atoms with Gasteiger partial charge < -0.3 is 14.6 Å². The van der Waals surface area contributed by atoms with Gasteiger partial charge in [0.1, 0.15) is 0 Å². The second-order valence-corrected chi connectivity index (χ2v) is 4.40. The summed E-state index contributed by atoms with van der Waals surface area (Å²) in [5, 5.41) is 9.03. The Balaban J connectivity index is 2.31. The molecule has 1 aliphatic heterocycles. The lowest BCUT2D eigenvalue weighted by atomic mass is 10.2. The first-order valence-corrected chi connectivity index (χ1v) is 6.46. The summed E-state index contributed by atoms with van der Waals surface area (Å²) in [6.07, 6.45) is 0.257. The predicted molar refractivity (Wildman–Crippen MR) is 67.3 cm³/mol. The molecule has 5 heteroatoms. The minimum absolute atomic E-state index is 0.188. The molecule has 0 spiro atoms. The zero-order chi connectivity index (χ0) is 12.5. The lowest BCUT2D eigenvalue weighted by Crippen LogP contribution is -2.48. The van der Waals surface area contributed by atoms with E-state index in [1.807, 2.05) is 0 Å². The molecule has 0 aliphatic carbocycles. The van der Waals surface area contributed by atoms with E-state index in [2.05, 4.69) is 16.7 Å². The number of hydrogen-bond acceptors (Lipinski definition) is 5. The maximum Gasteiger partial charge on any atom is 0.0829 e. The van der Waals surface area contributed by atoms with Crippen LogP contribution < -0.4 is 0 Å². The van der Waals surface area contributed by atoms with Crippen LogP contribution in [0.4, 0.5) is 0 Å². The Morgan fingerprint density at radius 2 is 2.29 bits per heavy atom. The fraction of sp³-hybridized carbons (Fsp3) is 1.00. The van der Waals surface area contributed by atoms with Crippen molar-refractivity contribution < 1.29 is 14.6 Å². The van der Waals surface area contributed by atoms with Gasteiger partial charge in [-0.3, -0.25) is 9.80 Å². The third-order valence-corrected chi connectivity index (χ3v) is 3.16. The lowest BCUT2D eigenvalue weighted by molar-refractivity contribution is -0.0451.